The molecule has 7 nitrogen and oxygen atoms in total. The quantitative estimate of drug-likeness (QED) is 0.448. The summed E-state index contributed by atoms with van der Waals surface area (Å²) >= 11 is 0. The molecular weight excluding hydrogens is 389 g/mol. The van der Waals surface area contributed by atoms with Gasteiger partial charge in [0.25, 0.3) is 0 Å². The molecular formula is C21H26N3O4P. The summed E-state index contributed by atoms with van der Waals surface area (Å²) in [7, 11) is -4.64. The number of hydrogen-bond acceptors (Lipinski definition) is 3. The molecule has 0 saturated carbocycles. The Bertz CT molecular complexity index is 1080. The molecule has 0 spiro atoms. The van der Waals surface area contributed by atoms with Crippen LogP contribution in [0.3, 0.4) is 0 Å². The van der Waals surface area contributed by atoms with E-state index in [0.29, 0.717) is 0 Å². The molecule has 29 heavy (non-hydrogen) atoms. The molecule has 0 bridgehead atoms. The Balaban J connectivity index is 0.000000431. The molecule has 1 aliphatic rings. The van der Waals surface area contributed by atoms with Gasteiger partial charge in [-0.25, -0.2) is 9.55 Å². The molecule has 0 saturated heterocycles. The van der Waals surface area contributed by atoms with Gasteiger partial charge in [-0.15, -0.1) is 6.58 Å². The Labute approximate surface area is 170 Å². The van der Waals surface area contributed by atoms with Crippen molar-refractivity contribution in [3.05, 3.63) is 71.6 Å². The molecule has 3 aromatic rings. The first kappa shape index (κ1) is 21.3. The van der Waals surface area contributed by atoms with E-state index in [1.165, 1.54) is 33.3 Å². The number of fused-ring (bicyclic) bond motifs is 2. The van der Waals surface area contributed by atoms with Crippen LogP contribution in [-0.2, 0) is 24.1 Å². The number of benzene rings is 1. The molecule has 0 radical (unpaired) electrons. The number of hydrogen-bond donors (Lipinski definition) is 3. The van der Waals surface area contributed by atoms with Crippen molar-refractivity contribution < 1.29 is 19.2 Å². The van der Waals surface area contributed by atoms with Gasteiger partial charge in [0.2, 0.25) is 0 Å². The van der Waals surface area contributed by atoms with E-state index in [9.17, 15) is 0 Å². The van der Waals surface area contributed by atoms with Gasteiger partial charge >= 0.3 is 7.82 Å². The molecule has 2 aromatic heterocycles. The predicted molar refractivity (Wildman–Crippen MR) is 115 cm³/mol. The van der Waals surface area contributed by atoms with E-state index in [0.717, 1.165) is 31.9 Å². The summed E-state index contributed by atoms with van der Waals surface area (Å²) in [4.78, 5) is 28.8. The number of pyridine rings is 1. The third kappa shape index (κ3) is 4.77. The maximum absolute atomic E-state index is 8.88. The van der Waals surface area contributed by atoms with Crippen molar-refractivity contribution in [2.75, 3.05) is 11.4 Å². The van der Waals surface area contributed by atoms with Gasteiger partial charge in [0.05, 0.1) is 5.52 Å². The van der Waals surface area contributed by atoms with E-state index < -0.39 is 7.82 Å². The van der Waals surface area contributed by atoms with Crippen LogP contribution in [0.2, 0.25) is 0 Å². The SMILES string of the molecule is C=CCn1c(C)c(C)c2ccnc(N3CCc4ccccc4C3)c21.O=P(O)(O)O. The fraction of sp³-hybridized carbons (Fsp3) is 0.286. The number of aryl methyl sites for hydroxylation is 1. The summed E-state index contributed by atoms with van der Waals surface area (Å²) in [5, 5.41) is 1.30. The maximum atomic E-state index is 8.88. The molecule has 0 fully saturated rings. The van der Waals surface area contributed by atoms with Crippen LogP contribution in [0.1, 0.15) is 22.4 Å². The second-order valence-corrected chi connectivity index (χ2v) is 8.12. The van der Waals surface area contributed by atoms with Crippen LogP contribution in [0, 0.1) is 13.8 Å². The summed E-state index contributed by atoms with van der Waals surface area (Å²) in [6.07, 6.45) is 4.99. The number of phosphoric acid groups is 1. The van der Waals surface area contributed by atoms with E-state index in [1.54, 1.807) is 0 Å². The lowest BCUT2D eigenvalue weighted by molar-refractivity contribution is 0.275. The lowest BCUT2D eigenvalue weighted by atomic mass is 10.00. The molecule has 154 valence electrons. The van der Waals surface area contributed by atoms with Gasteiger partial charge in [0.15, 0.2) is 5.82 Å². The van der Waals surface area contributed by atoms with E-state index in [-0.39, 0.29) is 0 Å². The Morgan fingerprint density at radius 3 is 2.48 bits per heavy atom. The number of rotatable bonds is 3. The maximum Gasteiger partial charge on any atom is 0.466 e. The van der Waals surface area contributed by atoms with Crippen molar-refractivity contribution in [3.63, 3.8) is 0 Å². The van der Waals surface area contributed by atoms with Crippen LogP contribution >= 0.6 is 7.82 Å². The van der Waals surface area contributed by atoms with E-state index in [1.807, 2.05) is 12.3 Å². The van der Waals surface area contributed by atoms with Gasteiger partial charge in [0.1, 0.15) is 0 Å². The minimum Gasteiger partial charge on any atom is -0.350 e. The average molecular weight is 415 g/mol. The minimum absolute atomic E-state index is 0.819. The highest BCUT2D eigenvalue weighted by Gasteiger charge is 2.22. The van der Waals surface area contributed by atoms with Crippen LogP contribution in [-0.4, -0.2) is 30.8 Å². The molecule has 0 atom stereocenters. The lowest BCUT2D eigenvalue weighted by Crippen LogP contribution is -2.31. The molecule has 0 unspecified atom stereocenters. The number of nitrogens with zero attached hydrogens (tertiary/aromatic N) is 3. The Morgan fingerprint density at radius 2 is 1.83 bits per heavy atom. The molecule has 3 N–H and O–H groups in total. The molecule has 0 aliphatic carbocycles. The van der Waals surface area contributed by atoms with Crippen molar-refractivity contribution >= 4 is 24.5 Å². The fourth-order valence-electron chi connectivity index (χ4n) is 3.84. The predicted octanol–water partition coefficient (Wildman–Crippen LogP) is 3.47. The number of allylic oxidation sites excluding steroid dienone is 1. The standard InChI is InChI=1S/C21H23N3.H3O4P/c1-4-12-24-16(3)15(2)19-9-11-22-21(20(19)24)23-13-10-17-7-5-6-8-18(17)14-23;1-5(2,3)4/h4-9,11H,1,10,12-14H2,2-3H3;(H3,1,2,3,4). The zero-order valence-corrected chi connectivity index (χ0v) is 17.5. The molecule has 3 heterocycles. The van der Waals surface area contributed by atoms with Crippen molar-refractivity contribution in [1.82, 2.24) is 9.55 Å². The number of aromatic nitrogens is 2. The van der Waals surface area contributed by atoms with E-state index >= 15 is 0 Å². The van der Waals surface area contributed by atoms with Crippen LogP contribution in [0.15, 0.2) is 49.2 Å². The minimum atomic E-state index is -4.64. The lowest BCUT2D eigenvalue weighted by Gasteiger charge is -2.30. The summed E-state index contributed by atoms with van der Waals surface area (Å²) in [6.45, 7) is 11.1. The topological polar surface area (TPSA) is 98.8 Å². The smallest absolute Gasteiger partial charge is 0.350 e. The first-order valence-electron chi connectivity index (χ1n) is 9.36. The van der Waals surface area contributed by atoms with Gasteiger partial charge in [-0.2, -0.15) is 0 Å². The highest BCUT2D eigenvalue weighted by atomic mass is 31.2. The molecule has 1 aliphatic heterocycles. The Kier molecular flexibility index (Phi) is 6.24. The van der Waals surface area contributed by atoms with Crippen LogP contribution in [0.25, 0.3) is 10.9 Å². The van der Waals surface area contributed by atoms with Gasteiger partial charge < -0.3 is 24.1 Å². The van der Waals surface area contributed by atoms with Gasteiger partial charge in [-0.05, 0) is 43.0 Å². The van der Waals surface area contributed by atoms with Crippen LogP contribution in [0.4, 0.5) is 5.82 Å². The summed E-state index contributed by atoms with van der Waals surface area (Å²) < 4.78 is 11.2. The van der Waals surface area contributed by atoms with Crippen molar-refractivity contribution in [2.24, 2.45) is 0 Å². The average Bonchev–Trinajstić information content (AvgIpc) is 2.92. The Hall–Kier alpha value is -2.44. The van der Waals surface area contributed by atoms with E-state index in [2.05, 4.69) is 60.2 Å². The third-order valence-electron chi connectivity index (χ3n) is 5.27. The largest absolute Gasteiger partial charge is 0.466 e. The second kappa shape index (κ2) is 8.51. The van der Waals surface area contributed by atoms with Gasteiger partial charge in [-0.3, -0.25) is 0 Å². The van der Waals surface area contributed by atoms with Gasteiger partial charge in [0, 0.05) is 36.9 Å². The van der Waals surface area contributed by atoms with Crippen LogP contribution < -0.4 is 4.90 Å². The third-order valence-corrected chi connectivity index (χ3v) is 5.27. The molecule has 4 rings (SSSR count). The second-order valence-electron chi connectivity index (χ2n) is 7.09. The van der Waals surface area contributed by atoms with Crippen molar-refractivity contribution in [1.29, 1.82) is 0 Å². The summed E-state index contributed by atoms with van der Waals surface area (Å²) in [6, 6.07) is 10.9. The van der Waals surface area contributed by atoms with Crippen molar-refractivity contribution in [3.8, 4) is 0 Å². The van der Waals surface area contributed by atoms with E-state index in [4.69, 9.17) is 24.2 Å². The summed E-state index contributed by atoms with van der Waals surface area (Å²) in [5.74, 6) is 1.10. The van der Waals surface area contributed by atoms with Crippen LogP contribution in [0.5, 0.6) is 0 Å². The first-order chi connectivity index (χ1) is 13.7. The zero-order chi connectivity index (χ0) is 21.2. The zero-order valence-electron chi connectivity index (χ0n) is 16.6. The van der Waals surface area contributed by atoms with Crippen molar-refractivity contribution in [2.45, 2.75) is 33.4 Å². The molecule has 0 amide bonds. The normalized spacial score (nSPS) is 13.6. The first-order valence-corrected chi connectivity index (χ1v) is 10.9. The monoisotopic (exact) mass is 415 g/mol. The fourth-order valence-corrected chi connectivity index (χ4v) is 3.84. The number of anilines is 1. The Morgan fingerprint density at radius 1 is 1.17 bits per heavy atom. The highest BCUT2D eigenvalue weighted by Crippen LogP contribution is 2.33. The van der Waals surface area contributed by atoms with Gasteiger partial charge in [-0.1, -0.05) is 30.3 Å². The molecule has 1 aromatic carbocycles. The summed E-state index contributed by atoms with van der Waals surface area (Å²) in [5.41, 5.74) is 6.77. The molecule has 8 heteroatoms. The highest BCUT2D eigenvalue weighted by molar-refractivity contribution is 7.45.